The summed E-state index contributed by atoms with van der Waals surface area (Å²) in [5.74, 6) is 0. The van der Waals surface area contributed by atoms with Crippen LogP contribution in [0.1, 0.15) is 0 Å². The second-order valence-electron chi connectivity index (χ2n) is 1.95. The molecule has 0 aromatic carbocycles. The topological polar surface area (TPSA) is 197 Å². The third kappa shape index (κ3) is 8.72. The molecule has 98 valence electrons. The van der Waals surface area contributed by atoms with Crippen molar-refractivity contribution in [3.63, 3.8) is 0 Å². The first-order chi connectivity index (χ1) is 6.83. The normalized spacial score (nSPS) is 22.1. The molecule has 5 N–H and O–H groups in total. The maximum Gasteiger partial charge on any atom is 0.490 e. The van der Waals surface area contributed by atoms with Gasteiger partial charge in [-0.3, -0.25) is 4.57 Å². The van der Waals surface area contributed by atoms with Crippen molar-refractivity contribution in [2.75, 3.05) is 0 Å². The van der Waals surface area contributed by atoms with E-state index in [0.717, 1.165) is 0 Å². The largest absolute Gasteiger partial charge is 0.490 e. The molecule has 0 aliphatic carbocycles. The highest BCUT2D eigenvalue weighted by molar-refractivity contribution is 7.68. The Morgan fingerprint density at radius 1 is 0.875 bits per heavy atom. The Morgan fingerprint density at radius 3 is 1.62 bits per heavy atom. The van der Waals surface area contributed by atoms with Crippen LogP contribution >= 0.6 is 31.7 Å². The molecule has 0 aromatic heterocycles. The first-order valence-corrected chi connectivity index (χ1v) is 8.68. The van der Waals surface area contributed by atoms with E-state index in [1.54, 1.807) is 0 Å². The van der Waals surface area contributed by atoms with Gasteiger partial charge in [0.25, 0.3) is 0 Å². The van der Waals surface area contributed by atoms with Gasteiger partial charge < -0.3 is 24.5 Å². The van der Waals surface area contributed by atoms with Gasteiger partial charge in [0.15, 0.2) is 0 Å². The van der Waals surface area contributed by atoms with Crippen molar-refractivity contribution < 1.29 is 55.7 Å². The molecule has 0 rings (SSSR count). The first-order valence-electron chi connectivity index (χ1n) is 2.89. The third-order valence-corrected chi connectivity index (χ3v) is 5.48. The van der Waals surface area contributed by atoms with Crippen LogP contribution < -0.4 is 0 Å². The quantitative estimate of drug-likeness (QED) is 0.401. The van der Waals surface area contributed by atoms with Crippen LogP contribution in [0.4, 0.5) is 0 Å². The molecule has 0 saturated heterocycles. The van der Waals surface area contributed by atoms with Crippen molar-refractivity contribution >= 4 is 31.7 Å². The molecule has 0 aromatic rings. The van der Waals surface area contributed by atoms with E-state index >= 15 is 0 Å². The minimum Gasteiger partial charge on any atom is -0.326 e. The van der Waals surface area contributed by atoms with Gasteiger partial charge in [-0.15, -0.1) is 0 Å². The molecule has 0 heterocycles. The molecule has 16 heavy (non-hydrogen) atoms. The van der Waals surface area contributed by atoms with Gasteiger partial charge in [0.1, 0.15) is 0 Å². The lowest BCUT2D eigenvalue weighted by Gasteiger charge is -2.14. The van der Waals surface area contributed by atoms with Crippen molar-refractivity contribution in [3.8, 4) is 0 Å². The molecule has 3 unspecified atom stereocenters. The molecule has 3 atom stereocenters. The Balaban J connectivity index is 4.71. The number of rotatable bonds is 6. The van der Waals surface area contributed by atoms with E-state index in [1.807, 2.05) is 0 Å². The van der Waals surface area contributed by atoms with E-state index in [1.165, 1.54) is 0 Å². The van der Waals surface area contributed by atoms with E-state index in [9.17, 15) is 18.3 Å². The van der Waals surface area contributed by atoms with E-state index in [4.69, 9.17) is 24.5 Å². The lowest BCUT2D eigenvalue weighted by atomic mass is 15.7. The SMILES string of the molecule is O=[PH](O)OP(=O)(O)OP(=O)(O)OP(=O)(O)O. The molecule has 16 heteroatoms. The Labute approximate surface area is 88.2 Å². The molecule has 0 amide bonds. The number of phosphoric acid groups is 3. The average molecular weight is 322 g/mol. The standard InChI is InChI=1S/H6O12P4/c1-13(2)10-15(6,7)12-16(8,9)11-14(3,4)5/h13H,(H,1,2)(H,6,7)(H,8,9)(H2,3,4,5). The Bertz CT molecular complexity index is 397. The average Bonchev–Trinajstić information content (AvgIpc) is 1.69. The van der Waals surface area contributed by atoms with Crippen molar-refractivity contribution in [3.05, 3.63) is 0 Å². The second-order valence-corrected chi connectivity index (χ2v) is 7.37. The van der Waals surface area contributed by atoms with Crippen LogP contribution in [0.3, 0.4) is 0 Å². The lowest BCUT2D eigenvalue weighted by Crippen LogP contribution is -1.93. The summed E-state index contributed by atoms with van der Waals surface area (Å²) in [4.78, 5) is 41.3. The molecule has 0 saturated carbocycles. The molecule has 12 nitrogen and oxygen atoms in total. The summed E-state index contributed by atoms with van der Waals surface area (Å²) >= 11 is 0. The highest BCUT2D eigenvalue weighted by Gasteiger charge is 2.41. The summed E-state index contributed by atoms with van der Waals surface area (Å²) in [7, 11) is -20.5. The molecule has 0 spiro atoms. The second kappa shape index (κ2) is 5.49. The molecule has 0 aliphatic heterocycles. The zero-order valence-corrected chi connectivity index (χ0v) is 10.6. The summed E-state index contributed by atoms with van der Waals surface area (Å²) in [6.07, 6.45) is 0. The van der Waals surface area contributed by atoms with Crippen LogP contribution in [0, 0.1) is 0 Å². The van der Waals surface area contributed by atoms with Gasteiger partial charge in [-0.1, -0.05) is 0 Å². The monoisotopic (exact) mass is 322 g/mol. The highest BCUT2D eigenvalue weighted by Crippen LogP contribution is 2.67. The zero-order valence-electron chi connectivity index (χ0n) is 6.94. The summed E-state index contributed by atoms with van der Waals surface area (Å²) < 4.78 is 51.1. The van der Waals surface area contributed by atoms with Gasteiger partial charge >= 0.3 is 31.7 Å². The summed E-state index contributed by atoms with van der Waals surface area (Å²) in [5, 5.41) is 0. The van der Waals surface area contributed by atoms with Crippen LogP contribution in [0.2, 0.25) is 0 Å². The van der Waals surface area contributed by atoms with Crippen molar-refractivity contribution in [1.82, 2.24) is 0 Å². The molecule has 0 aliphatic rings. The van der Waals surface area contributed by atoms with Gasteiger partial charge in [0, 0.05) is 0 Å². The van der Waals surface area contributed by atoms with E-state index in [-0.39, 0.29) is 0 Å². The Kier molecular flexibility index (Phi) is 5.70. The van der Waals surface area contributed by atoms with Crippen LogP contribution in [-0.4, -0.2) is 24.5 Å². The molecule has 0 radical (unpaired) electrons. The third-order valence-electron chi connectivity index (χ3n) is 0.609. The smallest absolute Gasteiger partial charge is 0.326 e. The molecule has 0 fully saturated rings. The van der Waals surface area contributed by atoms with Crippen LogP contribution in [0.15, 0.2) is 0 Å². The molecular weight excluding hydrogens is 316 g/mol. The maximum atomic E-state index is 10.7. The Hall–Kier alpha value is 0.600. The molecular formula is H6O12P4. The van der Waals surface area contributed by atoms with Crippen LogP contribution in [0.5, 0.6) is 0 Å². The van der Waals surface area contributed by atoms with Crippen LogP contribution in [0.25, 0.3) is 0 Å². The fourth-order valence-electron chi connectivity index (χ4n) is 0.395. The van der Waals surface area contributed by atoms with E-state index < -0.39 is 31.7 Å². The van der Waals surface area contributed by atoms with Gasteiger partial charge in [-0.25, -0.2) is 18.0 Å². The van der Waals surface area contributed by atoms with Crippen molar-refractivity contribution in [1.29, 1.82) is 0 Å². The van der Waals surface area contributed by atoms with Gasteiger partial charge in [0.05, 0.1) is 0 Å². The van der Waals surface area contributed by atoms with E-state index in [2.05, 4.69) is 12.9 Å². The van der Waals surface area contributed by atoms with Gasteiger partial charge in [0.2, 0.25) is 0 Å². The van der Waals surface area contributed by atoms with Crippen LogP contribution in [-0.2, 0) is 31.2 Å². The fourth-order valence-corrected chi connectivity index (χ4v) is 4.12. The predicted octanol–water partition coefficient (Wildman–Crippen LogP) is -0.288. The highest BCUT2D eigenvalue weighted by atomic mass is 31.3. The van der Waals surface area contributed by atoms with Crippen molar-refractivity contribution in [2.24, 2.45) is 0 Å². The lowest BCUT2D eigenvalue weighted by molar-refractivity contribution is 0.206. The number of hydrogen-bond donors (Lipinski definition) is 5. The Morgan fingerprint density at radius 2 is 1.31 bits per heavy atom. The van der Waals surface area contributed by atoms with Gasteiger partial charge in [-0.2, -0.15) is 8.62 Å². The summed E-state index contributed by atoms with van der Waals surface area (Å²) in [6, 6.07) is 0. The first kappa shape index (κ1) is 16.6. The zero-order chi connectivity index (χ0) is 13.2. The number of hydrogen-bond acceptors (Lipinski definition) is 7. The maximum absolute atomic E-state index is 10.7. The minimum absolute atomic E-state index is 3.11. The summed E-state index contributed by atoms with van der Waals surface area (Å²) in [6.45, 7) is 0. The fraction of sp³-hybridized carbons (Fsp3) is 0. The van der Waals surface area contributed by atoms with Gasteiger partial charge in [-0.05, 0) is 0 Å². The van der Waals surface area contributed by atoms with E-state index in [0.29, 0.717) is 0 Å². The molecule has 0 bridgehead atoms. The predicted molar refractivity (Wildman–Crippen MR) is 46.2 cm³/mol. The summed E-state index contributed by atoms with van der Waals surface area (Å²) in [5.41, 5.74) is 0. The van der Waals surface area contributed by atoms with Crippen molar-refractivity contribution in [2.45, 2.75) is 0 Å². The minimum atomic E-state index is -5.63.